The Balaban J connectivity index is 2.59. The molecule has 0 spiro atoms. The van der Waals surface area contributed by atoms with Crippen LogP contribution in [0.4, 0.5) is 4.79 Å². The number of nitrogens with one attached hydrogen (secondary N) is 1. The average molecular weight is 255 g/mol. The Hall–Kier alpha value is -1.03. The molecule has 2 atom stereocenters. The third kappa shape index (κ3) is 5.54. The summed E-state index contributed by atoms with van der Waals surface area (Å²) in [6, 6.07) is 0. The third-order valence-corrected chi connectivity index (χ3v) is 2.93. The van der Waals surface area contributed by atoms with Crippen molar-refractivity contribution in [2.24, 2.45) is 0 Å². The van der Waals surface area contributed by atoms with E-state index in [0.29, 0.717) is 0 Å². The zero-order chi connectivity index (χ0) is 13.8. The summed E-state index contributed by atoms with van der Waals surface area (Å²) in [5.74, 6) is 0. The number of ether oxygens (including phenoxy) is 1. The Morgan fingerprint density at radius 1 is 1.39 bits per heavy atom. The molecule has 0 fully saturated rings. The Bertz CT molecular complexity index is 317. The van der Waals surface area contributed by atoms with Crippen LogP contribution in [0, 0.1) is 0 Å². The molecule has 2 unspecified atom stereocenters. The van der Waals surface area contributed by atoms with Gasteiger partial charge in [-0.3, -0.25) is 0 Å². The molecule has 1 rings (SSSR count). The second-order valence-corrected chi connectivity index (χ2v) is 6.03. The van der Waals surface area contributed by atoms with Gasteiger partial charge in [0, 0.05) is 5.54 Å². The van der Waals surface area contributed by atoms with Gasteiger partial charge in [0.25, 0.3) is 0 Å². The van der Waals surface area contributed by atoms with Gasteiger partial charge in [0.1, 0.15) is 6.10 Å². The van der Waals surface area contributed by atoms with E-state index in [4.69, 9.17) is 4.74 Å². The van der Waals surface area contributed by atoms with E-state index in [1.807, 2.05) is 33.8 Å². The molecule has 0 saturated carbocycles. The Kier molecular flexibility index (Phi) is 5.20. The lowest BCUT2D eigenvalue weighted by molar-refractivity contribution is 0.101. The summed E-state index contributed by atoms with van der Waals surface area (Å²) in [5.41, 5.74) is 0.597. The van der Waals surface area contributed by atoms with Crippen LogP contribution in [0.2, 0.25) is 0 Å². The van der Waals surface area contributed by atoms with E-state index in [0.717, 1.165) is 31.3 Å². The lowest BCUT2D eigenvalue weighted by Crippen LogP contribution is -2.42. The van der Waals surface area contributed by atoms with E-state index in [2.05, 4.69) is 5.32 Å². The Morgan fingerprint density at radius 2 is 2.00 bits per heavy atom. The summed E-state index contributed by atoms with van der Waals surface area (Å²) in [6.45, 7) is 7.62. The SMILES string of the molecule is C/C1=C\C(OC(=O)NC(C)(C)C)CCCCC1O. The maximum absolute atomic E-state index is 11.7. The molecule has 0 aromatic rings. The van der Waals surface area contributed by atoms with Crippen molar-refractivity contribution in [3.05, 3.63) is 11.6 Å². The number of carbonyl (C=O) groups excluding carboxylic acids is 1. The van der Waals surface area contributed by atoms with Crippen molar-refractivity contribution in [2.45, 2.75) is 71.1 Å². The molecule has 0 saturated heterocycles. The summed E-state index contributed by atoms with van der Waals surface area (Å²) in [5, 5.41) is 12.6. The zero-order valence-electron chi connectivity index (χ0n) is 11.8. The minimum Gasteiger partial charge on any atom is -0.442 e. The lowest BCUT2D eigenvalue weighted by Gasteiger charge is -2.24. The van der Waals surface area contributed by atoms with Gasteiger partial charge >= 0.3 is 6.09 Å². The fraction of sp³-hybridized carbons (Fsp3) is 0.786. The number of hydrogen-bond donors (Lipinski definition) is 2. The first kappa shape index (κ1) is 15.0. The normalized spacial score (nSPS) is 28.6. The predicted molar refractivity (Wildman–Crippen MR) is 71.4 cm³/mol. The molecule has 0 radical (unpaired) electrons. The second-order valence-electron chi connectivity index (χ2n) is 6.03. The van der Waals surface area contributed by atoms with Crippen molar-refractivity contribution < 1.29 is 14.6 Å². The third-order valence-electron chi connectivity index (χ3n) is 2.93. The van der Waals surface area contributed by atoms with Crippen LogP contribution in [-0.4, -0.2) is 28.9 Å². The fourth-order valence-electron chi connectivity index (χ4n) is 1.96. The van der Waals surface area contributed by atoms with E-state index >= 15 is 0 Å². The summed E-state index contributed by atoms with van der Waals surface area (Å²) >= 11 is 0. The first-order valence-corrected chi connectivity index (χ1v) is 6.63. The number of rotatable bonds is 1. The maximum atomic E-state index is 11.7. The smallest absolute Gasteiger partial charge is 0.408 e. The highest BCUT2D eigenvalue weighted by Gasteiger charge is 2.20. The van der Waals surface area contributed by atoms with E-state index < -0.39 is 12.2 Å². The molecule has 2 N–H and O–H groups in total. The van der Waals surface area contributed by atoms with E-state index in [1.54, 1.807) is 0 Å². The van der Waals surface area contributed by atoms with Gasteiger partial charge in [0.05, 0.1) is 6.10 Å². The highest BCUT2D eigenvalue weighted by atomic mass is 16.6. The van der Waals surface area contributed by atoms with Gasteiger partial charge in [-0.2, -0.15) is 0 Å². The standard InChI is InChI=1S/C14H25NO3/c1-10-9-11(7-5-6-8-12(10)16)18-13(17)15-14(2,3)4/h9,11-12,16H,5-8H2,1-4H3,(H,15,17)/b10-9+. The first-order valence-electron chi connectivity index (χ1n) is 6.63. The lowest BCUT2D eigenvalue weighted by atomic mass is 9.97. The van der Waals surface area contributed by atoms with Gasteiger partial charge in [-0.25, -0.2) is 4.79 Å². The molecule has 1 aliphatic carbocycles. The number of aliphatic hydroxyl groups excluding tert-OH is 1. The molecule has 0 aromatic carbocycles. The highest BCUT2D eigenvalue weighted by molar-refractivity contribution is 5.68. The summed E-state index contributed by atoms with van der Waals surface area (Å²) in [4.78, 5) is 11.7. The Morgan fingerprint density at radius 3 is 2.61 bits per heavy atom. The molecular formula is C14H25NO3. The summed E-state index contributed by atoms with van der Waals surface area (Å²) in [6.07, 6.45) is 4.38. The van der Waals surface area contributed by atoms with Crippen molar-refractivity contribution in [3.8, 4) is 0 Å². The molecule has 104 valence electrons. The van der Waals surface area contributed by atoms with E-state index in [-0.39, 0.29) is 11.6 Å². The summed E-state index contributed by atoms with van der Waals surface area (Å²) in [7, 11) is 0. The van der Waals surface area contributed by atoms with Gasteiger partial charge in [-0.05, 0) is 58.6 Å². The molecule has 18 heavy (non-hydrogen) atoms. The number of hydrogen-bond acceptors (Lipinski definition) is 3. The van der Waals surface area contributed by atoms with Crippen LogP contribution in [-0.2, 0) is 4.74 Å². The van der Waals surface area contributed by atoms with Gasteiger partial charge in [-0.15, -0.1) is 0 Å². The van der Waals surface area contributed by atoms with Crippen LogP contribution in [0.5, 0.6) is 0 Å². The number of alkyl carbamates (subject to hydrolysis) is 1. The van der Waals surface area contributed by atoms with Crippen LogP contribution in [0.15, 0.2) is 11.6 Å². The average Bonchev–Trinajstić information content (AvgIpc) is 2.18. The molecule has 4 heteroatoms. The van der Waals surface area contributed by atoms with E-state index in [1.165, 1.54) is 0 Å². The van der Waals surface area contributed by atoms with Crippen molar-refractivity contribution in [1.29, 1.82) is 0 Å². The van der Waals surface area contributed by atoms with Crippen molar-refractivity contribution >= 4 is 6.09 Å². The fourth-order valence-corrected chi connectivity index (χ4v) is 1.96. The molecular weight excluding hydrogens is 230 g/mol. The van der Waals surface area contributed by atoms with Gasteiger partial charge in [-0.1, -0.05) is 6.42 Å². The quantitative estimate of drug-likeness (QED) is 0.708. The molecule has 0 heterocycles. The number of amides is 1. The topological polar surface area (TPSA) is 58.6 Å². The van der Waals surface area contributed by atoms with Crippen molar-refractivity contribution in [1.82, 2.24) is 5.32 Å². The van der Waals surface area contributed by atoms with Crippen LogP contribution in [0.25, 0.3) is 0 Å². The molecule has 1 amide bonds. The van der Waals surface area contributed by atoms with Gasteiger partial charge in [0.15, 0.2) is 0 Å². The maximum Gasteiger partial charge on any atom is 0.408 e. The van der Waals surface area contributed by atoms with Crippen molar-refractivity contribution in [2.75, 3.05) is 0 Å². The largest absolute Gasteiger partial charge is 0.442 e. The number of aliphatic hydroxyl groups is 1. The van der Waals surface area contributed by atoms with Crippen molar-refractivity contribution in [3.63, 3.8) is 0 Å². The molecule has 0 aromatic heterocycles. The number of carbonyl (C=O) groups is 1. The molecule has 4 nitrogen and oxygen atoms in total. The van der Waals surface area contributed by atoms with Crippen LogP contribution in [0.3, 0.4) is 0 Å². The zero-order valence-corrected chi connectivity index (χ0v) is 11.8. The first-order chi connectivity index (χ1) is 8.28. The van der Waals surface area contributed by atoms with Gasteiger partial charge in [0.2, 0.25) is 0 Å². The van der Waals surface area contributed by atoms with Crippen LogP contribution < -0.4 is 5.32 Å². The van der Waals surface area contributed by atoms with Gasteiger partial charge < -0.3 is 15.2 Å². The molecule has 0 bridgehead atoms. The minimum atomic E-state index is -0.401. The minimum absolute atomic E-state index is 0.234. The predicted octanol–water partition coefficient (Wildman–Crippen LogP) is 2.76. The second kappa shape index (κ2) is 6.23. The molecule has 1 aliphatic rings. The monoisotopic (exact) mass is 255 g/mol. The van der Waals surface area contributed by atoms with E-state index in [9.17, 15) is 9.90 Å². The van der Waals surface area contributed by atoms with Crippen LogP contribution >= 0.6 is 0 Å². The summed E-state index contributed by atoms with van der Waals surface area (Å²) < 4.78 is 5.38. The van der Waals surface area contributed by atoms with Crippen LogP contribution in [0.1, 0.15) is 53.4 Å². The molecule has 0 aliphatic heterocycles. The Labute approximate surface area is 109 Å². The highest BCUT2D eigenvalue weighted by Crippen LogP contribution is 2.19.